The van der Waals surface area contributed by atoms with Crippen molar-refractivity contribution in [3.63, 3.8) is 0 Å². The van der Waals surface area contributed by atoms with Gasteiger partial charge in [0.2, 0.25) is 0 Å². The Balaban J connectivity index is 2.02. The zero-order valence-electron chi connectivity index (χ0n) is 4.95. The summed E-state index contributed by atoms with van der Waals surface area (Å²) < 4.78 is 16.3. The first-order chi connectivity index (χ1) is 4.45. The van der Waals surface area contributed by atoms with Crippen LogP contribution in [-0.2, 0) is 14.2 Å². The van der Waals surface area contributed by atoms with Crippen LogP contribution in [0.2, 0.25) is 0 Å². The van der Waals surface area contributed by atoms with Gasteiger partial charge >= 0.3 is 0 Å². The minimum atomic E-state index is 0.258. The number of hydrogen-bond acceptors (Lipinski definition) is 3. The van der Waals surface area contributed by atoms with Gasteiger partial charge in [-0.2, -0.15) is 0 Å². The molecule has 0 saturated carbocycles. The average Bonchev–Trinajstić information content (AvgIpc) is 2.50. The van der Waals surface area contributed by atoms with E-state index in [9.17, 15) is 0 Å². The summed E-state index contributed by atoms with van der Waals surface area (Å²) in [6.45, 7) is 1.48. The lowest BCUT2D eigenvalue weighted by molar-refractivity contribution is -0.128. The van der Waals surface area contributed by atoms with E-state index in [1.54, 1.807) is 0 Å². The van der Waals surface area contributed by atoms with Crippen LogP contribution >= 0.6 is 0 Å². The molecule has 0 N–H and O–H groups in total. The van der Waals surface area contributed by atoms with Gasteiger partial charge in [-0.25, -0.2) is 0 Å². The number of hydrogen-bond donors (Lipinski definition) is 0. The predicted molar refractivity (Wildman–Crippen MR) is 28.1 cm³/mol. The molecule has 0 amide bonds. The zero-order chi connectivity index (χ0) is 5.84. The second-order valence-corrected chi connectivity index (χ2v) is 2.81. The van der Waals surface area contributed by atoms with Gasteiger partial charge in [0.05, 0.1) is 13.2 Å². The van der Waals surface area contributed by atoms with Crippen molar-refractivity contribution in [3.8, 4) is 0 Å². The highest BCUT2D eigenvalue weighted by atomic mass is 16.7. The van der Waals surface area contributed by atoms with Crippen molar-refractivity contribution in [1.29, 1.82) is 0 Å². The summed E-state index contributed by atoms with van der Waals surface area (Å²) in [4.78, 5) is 0. The Morgan fingerprint density at radius 1 is 0.889 bits per heavy atom. The third-order valence-corrected chi connectivity index (χ3v) is 2.31. The summed E-state index contributed by atoms with van der Waals surface area (Å²) in [7, 11) is 0. The molecule has 0 aromatic rings. The Morgan fingerprint density at radius 2 is 1.44 bits per heavy atom. The third-order valence-electron chi connectivity index (χ3n) is 2.31. The lowest BCUT2D eigenvalue weighted by Gasteiger charge is -2.21. The highest BCUT2D eigenvalue weighted by Gasteiger charge is 2.56. The fraction of sp³-hybridized carbons (Fsp3) is 1.00. The van der Waals surface area contributed by atoms with Crippen LogP contribution in [0.25, 0.3) is 0 Å². The molecule has 3 saturated heterocycles. The average molecular weight is 128 g/mol. The Bertz CT molecular complexity index is 131. The number of rotatable bonds is 0. The van der Waals surface area contributed by atoms with Crippen LogP contribution in [0.3, 0.4) is 0 Å². The molecule has 4 atom stereocenters. The van der Waals surface area contributed by atoms with E-state index in [0.717, 1.165) is 13.2 Å². The van der Waals surface area contributed by atoms with E-state index in [0.29, 0.717) is 0 Å². The lowest BCUT2D eigenvalue weighted by atomic mass is 10.2. The molecule has 2 unspecified atom stereocenters. The molecule has 9 heavy (non-hydrogen) atoms. The van der Waals surface area contributed by atoms with Crippen molar-refractivity contribution in [2.45, 2.75) is 24.4 Å². The van der Waals surface area contributed by atoms with E-state index in [1.165, 1.54) is 0 Å². The largest absolute Gasteiger partial charge is 0.370 e. The van der Waals surface area contributed by atoms with E-state index in [2.05, 4.69) is 0 Å². The van der Waals surface area contributed by atoms with Crippen LogP contribution < -0.4 is 0 Å². The van der Waals surface area contributed by atoms with Crippen molar-refractivity contribution >= 4 is 0 Å². The molecule has 0 radical (unpaired) electrons. The number of ether oxygens (including phenoxy) is 3. The smallest absolute Gasteiger partial charge is 0.115 e. The standard InChI is InChI=1S/C6H8O3/c1-3-5-6(7-1)4(9-3)2-8-5/h3-6H,1-2H2/t3-,4-,5?,6?/m1/s1. The Labute approximate surface area is 52.9 Å². The molecular weight excluding hydrogens is 120 g/mol. The van der Waals surface area contributed by atoms with Gasteiger partial charge in [0.25, 0.3) is 0 Å². The maximum atomic E-state index is 5.51. The van der Waals surface area contributed by atoms with Gasteiger partial charge in [-0.15, -0.1) is 0 Å². The van der Waals surface area contributed by atoms with E-state index in [-0.39, 0.29) is 24.4 Å². The van der Waals surface area contributed by atoms with Crippen LogP contribution in [0.15, 0.2) is 0 Å². The molecule has 50 valence electrons. The van der Waals surface area contributed by atoms with Crippen LogP contribution in [0.5, 0.6) is 0 Å². The molecule has 3 rings (SSSR count). The summed E-state index contributed by atoms with van der Waals surface area (Å²) in [5.74, 6) is 0. The molecular formula is C6H8O3. The van der Waals surface area contributed by atoms with Gasteiger partial charge in [-0.05, 0) is 0 Å². The summed E-state index contributed by atoms with van der Waals surface area (Å²) >= 11 is 0. The molecule has 3 heterocycles. The Hall–Kier alpha value is -0.120. The van der Waals surface area contributed by atoms with Crippen molar-refractivity contribution in [1.82, 2.24) is 0 Å². The van der Waals surface area contributed by atoms with Gasteiger partial charge in [-0.1, -0.05) is 0 Å². The molecule has 3 fully saturated rings. The maximum Gasteiger partial charge on any atom is 0.115 e. The molecule has 0 aromatic heterocycles. The van der Waals surface area contributed by atoms with E-state index < -0.39 is 0 Å². The van der Waals surface area contributed by atoms with E-state index in [4.69, 9.17) is 14.2 Å². The molecule has 0 spiro atoms. The SMILES string of the molecule is C1OC2C3OC[C@H]2O[C@H]13. The zero-order valence-corrected chi connectivity index (χ0v) is 4.95. The normalized spacial score (nSPS) is 61.3. The van der Waals surface area contributed by atoms with Crippen molar-refractivity contribution in [3.05, 3.63) is 0 Å². The molecule has 4 bridgehead atoms. The van der Waals surface area contributed by atoms with Crippen molar-refractivity contribution < 1.29 is 14.2 Å². The minimum Gasteiger partial charge on any atom is -0.370 e. The first-order valence-corrected chi connectivity index (χ1v) is 3.34. The Kier molecular flexibility index (Phi) is 0.678. The summed E-state index contributed by atoms with van der Waals surface area (Å²) in [6, 6.07) is 0. The van der Waals surface area contributed by atoms with Crippen LogP contribution in [0.4, 0.5) is 0 Å². The molecule has 0 aromatic carbocycles. The second kappa shape index (κ2) is 1.31. The lowest BCUT2D eigenvalue weighted by Crippen LogP contribution is -2.32. The van der Waals surface area contributed by atoms with Gasteiger partial charge in [-0.3, -0.25) is 0 Å². The van der Waals surface area contributed by atoms with Crippen LogP contribution in [0.1, 0.15) is 0 Å². The monoisotopic (exact) mass is 128 g/mol. The third kappa shape index (κ3) is 0.407. The van der Waals surface area contributed by atoms with Gasteiger partial charge in [0.15, 0.2) is 0 Å². The van der Waals surface area contributed by atoms with Crippen LogP contribution in [-0.4, -0.2) is 37.6 Å². The summed E-state index contributed by atoms with van der Waals surface area (Å²) in [6.07, 6.45) is 1.06. The quantitative estimate of drug-likeness (QED) is 0.442. The van der Waals surface area contributed by atoms with E-state index in [1.807, 2.05) is 0 Å². The fourth-order valence-corrected chi connectivity index (χ4v) is 1.89. The van der Waals surface area contributed by atoms with Gasteiger partial charge < -0.3 is 14.2 Å². The molecule has 3 heteroatoms. The van der Waals surface area contributed by atoms with Gasteiger partial charge in [0.1, 0.15) is 24.4 Å². The minimum absolute atomic E-state index is 0.258. The highest BCUT2D eigenvalue weighted by Crippen LogP contribution is 2.38. The predicted octanol–water partition coefficient (Wildman–Crippen LogP) is -0.449. The first-order valence-electron chi connectivity index (χ1n) is 3.34. The topological polar surface area (TPSA) is 27.7 Å². The second-order valence-electron chi connectivity index (χ2n) is 2.81. The molecule has 3 nitrogen and oxygen atoms in total. The highest BCUT2D eigenvalue weighted by molar-refractivity contribution is 5.02. The van der Waals surface area contributed by atoms with Crippen molar-refractivity contribution in [2.24, 2.45) is 0 Å². The molecule has 3 aliphatic heterocycles. The molecule has 0 aliphatic carbocycles. The fourth-order valence-electron chi connectivity index (χ4n) is 1.89. The first kappa shape index (κ1) is 4.66. The summed E-state index contributed by atoms with van der Waals surface area (Å²) in [5.41, 5.74) is 0. The van der Waals surface area contributed by atoms with Gasteiger partial charge in [0, 0.05) is 0 Å². The molecule has 3 aliphatic rings. The van der Waals surface area contributed by atoms with Crippen molar-refractivity contribution in [2.75, 3.05) is 13.2 Å². The maximum absolute atomic E-state index is 5.51. The Morgan fingerprint density at radius 3 is 1.78 bits per heavy atom. The van der Waals surface area contributed by atoms with E-state index >= 15 is 0 Å². The summed E-state index contributed by atoms with van der Waals surface area (Å²) in [5, 5.41) is 0. The van der Waals surface area contributed by atoms with Crippen LogP contribution in [0, 0.1) is 0 Å².